The van der Waals surface area contributed by atoms with Gasteiger partial charge in [-0.25, -0.2) is 0 Å². The zero-order chi connectivity index (χ0) is 16.2. The average molecular weight is 313 g/mol. The van der Waals surface area contributed by atoms with Crippen LogP contribution in [-0.4, -0.2) is 25.5 Å². The van der Waals surface area contributed by atoms with Gasteiger partial charge in [0.05, 0.1) is 18.7 Å². The standard InChI is InChI=1S/C16H21ClO4/c1-6-21-16(19)13(11(4)18)8-12-9(2)7-14(20-5)15(17)10(12)3/h7,13H,6,8H2,1-5H3. The van der Waals surface area contributed by atoms with Crippen molar-refractivity contribution in [3.05, 3.63) is 27.8 Å². The topological polar surface area (TPSA) is 52.6 Å². The monoisotopic (exact) mass is 312 g/mol. The molecule has 0 saturated carbocycles. The van der Waals surface area contributed by atoms with E-state index in [1.165, 1.54) is 6.92 Å². The number of esters is 1. The van der Waals surface area contributed by atoms with Crippen LogP contribution in [0, 0.1) is 19.8 Å². The van der Waals surface area contributed by atoms with Crippen molar-refractivity contribution < 1.29 is 19.1 Å². The first-order chi connectivity index (χ1) is 9.83. The van der Waals surface area contributed by atoms with Crippen LogP contribution in [-0.2, 0) is 20.7 Å². The minimum Gasteiger partial charge on any atom is -0.495 e. The van der Waals surface area contributed by atoms with Crippen LogP contribution in [0.15, 0.2) is 6.07 Å². The lowest BCUT2D eigenvalue weighted by Gasteiger charge is -2.18. The first-order valence-electron chi connectivity index (χ1n) is 6.83. The van der Waals surface area contributed by atoms with Crippen molar-refractivity contribution in [3.8, 4) is 5.75 Å². The van der Waals surface area contributed by atoms with Crippen LogP contribution in [0.5, 0.6) is 5.75 Å². The Hall–Kier alpha value is -1.55. The second-order valence-corrected chi connectivity index (χ2v) is 5.31. The molecule has 1 rings (SSSR count). The molecule has 0 N–H and O–H groups in total. The molecule has 0 aliphatic heterocycles. The zero-order valence-electron chi connectivity index (χ0n) is 13.1. The number of halogens is 1. The van der Waals surface area contributed by atoms with Gasteiger partial charge in [-0.05, 0) is 56.9 Å². The number of ketones is 1. The maximum atomic E-state index is 11.9. The summed E-state index contributed by atoms with van der Waals surface area (Å²) in [5, 5.41) is 0.504. The Balaban J connectivity index is 3.19. The largest absolute Gasteiger partial charge is 0.495 e. The van der Waals surface area contributed by atoms with Crippen molar-refractivity contribution in [2.75, 3.05) is 13.7 Å². The molecular formula is C16H21ClO4. The summed E-state index contributed by atoms with van der Waals surface area (Å²) in [7, 11) is 1.55. The second-order valence-electron chi connectivity index (χ2n) is 4.93. The van der Waals surface area contributed by atoms with Gasteiger partial charge in [-0.2, -0.15) is 0 Å². The van der Waals surface area contributed by atoms with E-state index in [4.69, 9.17) is 21.1 Å². The summed E-state index contributed by atoms with van der Waals surface area (Å²) >= 11 is 6.25. The van der Waals surface area contributed by atoms with Crippen LogP contribution in [0.2, 0.25) is 5.02 Å². The Bertz CT molecular complexity index is 552. The molecule has 116 valence electrons. The Labute approximate surface area is 130 Å². The van der Waals surface area contributed by atoms with Crippen molar-refractivity contribution in [1.29, 1.82) is 0 Å². The quantitative estimate of drug-likeness (QED) is 0.597. The third-order valence-corrected chi connectivity index (χ3v) is 3.98. The molecule has 1 unspecified atom stereocenters. The van der Waals surface area contributed by atoms with E-state index in [1.807, 2.05) is 19.9 Å². The van der Waals surface area contributed by atoms with Crippen LogP contribution < -0.4 is 4.74 Å². The molecule has 0 saturated heterocycles. The highest BCUT2D eigenvalue weighted by Crippen LogP contribution is 2.34. The van der Waals surface area contributed by atoms with Gasteiger partial charge in [0.2, 0.25) is 0 Å². The van der Waals surface area contributed by atoms with Crippen LogP contribution in [0.3, 0.4) is 0 Å². The highest BCUT2D eigenvalue weighted by atomic mass is 35.5. The smallest absolute Gasteiger partial charge is 0.316 e. The molecule has 0 heterocycles. The minimum atomic E-state index is -0.799. The molecule has 0 bridgehead atoms. The Morgan fingerprint density at radius 1 is 1.33 bits per heavy atom. The third-order valence-electron chi connectivity index (χ3n) is 3.51. The maximum absolute atomic E-state index is 11.9. The van der Waals surface area contributed by atoms with Gasteiger partial charge >= 0.3 is 5.97 Å². The molecular weight excluding hydrogens is 292 g/mol. The molecule has 0 aliphatic rings. The summed E-state index contributed by atoms with van der Waals surface area (Å²) in [6.45, 7) is 7.14. The molecule has 0 aromatic heterocycles. The number of hydrogen-bond acceptors (Lipinski definition) is 4. The molecule has 4 nitrogen and oxygen atoms in total. The number of methoxy groups -OCH3 is 1. The van der Waals surface area contributed by atoms with Crippen molar-refractivity contribution in [3.63, 3.8) is 0 Å². The first-order valence-corrected chi connectivity index (χ1v) is 7.20. The fraction of sp³-hybridized carbons (Fsp3) is 0.500. The van der Waals surface area contributed by atoms with Crippen molar-refractivity contribution in [2.24, 2.45) is 5.92 Å². The first kappa shape index (κ1) is 17.5. The normalized spacial score (nSPS) is 11.9. The fourth-order valence-electron chi connectivity index (χ4n) is 2.26. The summed E-state index contributed by atoms with van der Waals surface area (Å²) < 4.78 is 10.2. The lowest BCUT2D eigenvalue weighted by molar-refractivity contribution is -0.151. The Morgan fingerprint density at radius 2 is 1.95 bits per heavy atom. The van der Waals surface area contributed by atoms with Gasteiger partial charge in [-0.15, -0.1) is 0 Å². The molecule has 1 aromatic rings. The predicted molar refractivity (Wildman–Crippen MR) is 82.0 cm³/mol. The van der Waals surface area contributed by atoms with Crippen LogP contribution >= 0.6 is 11.6 Å². The Morgan fingerprint density at radius 3 is 2.43 bits per heavy atom. The number of hydrogen-bond donors (Lipinski definition) is 0. The lowest BCUT2D eigenvalue weighted by atomic mass is 9.90. The molecule has 0 aliphatic carbocycles. The minimum absolute atomic E-state index is 0.209. The second kappa shape index (κ2) is 7.46. The Kier molecular flexibility index (Phi) is 6.21. The van der Waals surface area contributed by atoms with Gasteiger partial charge in [0, 0.05) is 0 Å². The summed E-state index contributed by atoms with van der Waals surface area (Å²) in [5.41, 5.74) is 2.64. The van der Waals surface area contributed by atoms with E-state index in [-0.39, 0.29) is 18.8 Å². The van der Waals surface area contributed by atoms with Crippen LogP contribution in [0.25, 0.3) is 0 Å². The lowest BCUT2D eigenvalue weighted by Crippen LogP contribution is -2.27. The zero-order valence-corrected chi connectivity index (χ0v) is 13.8. The maximum Gasteiger partial charge on any atom is 0.316 e. The molecule has 0 radical (unpaired) electrons. The number of aryl methyl sites for hydroxylation is 1. The number of benzene rings is 1. The summed E-state index contributed by atoms with van der Waals surface area (Å²) in [4.78, 5) is 23.7. The van der Waals surface area contributed by atoms with Crippen molar-refractivity contribution >= 4 is 23.4 Å². The molecule has 0 spiro atoms. The third kappa shape index (κ3) is 3.97. The molecule has 0 amide bonds. The van der Waals surface area contributed by atoms with Crippen molar-refractivity contribution in [1.82, 2.24) is 0 Å². The summed E-state index contributed by atoms with van der Waals surface area (Å²) in [6, 6.07) is 1.81. The van der Waals surface area contributed by atoms with Crippen LogP contribution in [0.1, 0.15) is 30.5 Å². The van der Waals surface area contributed by atoms with E-state index in [9.17, 15) is 9.59 Å². The molecule has 1 aromatic carbocycles. The average Bonchev–Trinajstić information content (AvgIpc) is 2.42. The predicted octanol–water partition coefficient (Wildman–Crippen LogP) is 3.28. The molecule has 1 atom stereocenters. The summed E-state index contributed by atoms with van der Waals surface area (Å²) in [6.07, 6.45) is 0.287. The van der Waals surface area contributed by atoms with Gasteiger partial charge < -0.3 is 9.47 Å². The van der Waals surface area contributed by atoms with Crippen molar-refractivity contribution in [2.45, 2.75) is 34.1 Å². The van der Waals surface area contributed by atoms with Gasteiger partial charge in [-0.1, -0.05) is 11.6 Å². The van der Waals surface area contributed by atoms with E-state index in [2.05, 4.69) is 0 Å². The van der Waals surface area contributed by atoms with E-state index >= 15 is 0 Å². The number of carbonyl (C=O) groups excluding carboxylic acids is 2. The highest BCUT2D eigenvalue weighted by molar-refractivity contribution is 6.33. The molecule has 21 heavy (non-hydrogen) atoms. The van der Waals surface area contributed by atoms with E-state index in [0.717, 1.165) is 16.7 Å². The van der Waals surface area contributed by atoms with Gasteiger partial charge in [0.25, 0.3) is 0 Å². The number of rotatable bonds is 6. The SMILES string of the molecule is CCOC(=O)C(Cc1c(C)cc(OC)c(Cl)c1C)C(C)=O. The van der Waals surface area contributed by atoms with Gasteiger partial charge in [-0.3, -0.25) is 9.59 Å². The van der Waals surface area contributed by atoms with E-state index < -0.39 is 11.9 Å². The fourth-order valence-corrected chi connectivity index (χ4v) is 2.51. The molecule has 0 fully saturated rings. The van der Waals surface area contributed by atoms with Crippen LogP contribution in [0.4, 0.5) is 0 Å². The van der Waals surface area contributed by atoms with E-state index in [1.54, 1.807) is 14.0 Å². The number of Topliss-reactive ketones (excluding diaryl/α,β-unsaturated/α-hetero) is 1. The van der Waals surface area contributed by atoms with Gasteiger partial charge in [0.15, 0.2) is 0 Å². The summed E-state index contributed by atoms with van der Waals surface area (Å²) in [5.74, 6) is -0.910. The van der Waals surface area contributed by atoms with Gasteiger partial charge in [0.1, 0.15) is 17.5 Å². The number of carbonyl (C=O) groups is 2. The van der Waals surface area contributed by atoms with E-state index in [0.29, 0.717) is 10.8 Å². The number of ether oxygens (including phenoxy) is 2. The molecule has 5 heteroatoms. The highest BCUT2D eigenvalue weighted by Gasteiger charge is 2.27.